The third-order valence-corrected chi connectivity index (χ3v) is 2.02. The molecule has 0 N–H and O–H groups in total. The summed E-state index contributed by atoms with van der Waals surface area (Å²) >= 11 is 16.3. The first kappa shape index (κ1) is 13.3. The van der Waals surface area contributed by atoms with Crippen LogP contribution in [0.25, 0.3) is 0 Å². The number of esters is 1. The number of halogens is 3. The molecule has 0 atom stereocenters. The topological polar surface area (TPSA) is 26.3 Å². The Morgan fingerprint density at radius 2 is 1.77 bits per heavy atom. The fourth-order valence-electron chi connectivity index (χ4n) is 0.893. The van der Waals surface area contributed by atoms with Crippen LogP contribution in [0.3, 0.4) is 0 Å². The van der Waals surface area contributed by atoms with E-state index in [4.69, 9.17) is 39.5 Å². The van der Waals surface area contributed by atoms with Crippen LogP contribution in [0.4, 0.5) is 0 Å². The maximum Gasteiger partial charge on any atom is 0.309 e. The zero-order chi connectivity index (χ0) is 10.5. The number of carbonyl (C=O) groups excluding carboxylic acids is 1. The smallest absolute Gasteiger partial charge is 0.309 e. The molecule has 0 bridgehead atoms. The number of alkyl halides is 3. The minimum absolute atomic E-state index is 0.0904. The van der Waals surface area contributed by atoms with Crippen LogP contribution >= 0.6 is 34.8 Å². The van der Waals surface area contributed by atoms with E-state index in [1.807, 2.05) is 13.8 Å². The Balaban J connectivity index is 3.86. The van der Waals surface area contributed by atoms with Crippen molar-refractivity contribution in [1.82, 2.24) is 0 Å². The summed E-state index contributed by atoms with van der Waals surface area (Å²) in [6.45, 7) is 3.66. The first-order chi connectivity index (χ1) is 5.90. The molecule has 0 aromatic carbocycles. The summed E-state index contributed by atoms with van der Waals surface area (Å²) in [5, 5.41) is 0. The molecule has 0 spiro atoms. The van der Waals surface area contributed by atoms with Gasteiger partial charge in [0.25, 0.3) is 0 Å². The third-order valence-electron chi connectivity index (χ3n) is 1.70. The van der Waals surface area contributed by atoms with Crippen molar-refractivity contribution < 1.29 is 9.53 Å². The van der Waals surface area contributed by atoms with Crippen molar-refractivity contribution in [3.63, 3.8) is 0 Å². The van der Waals surface area contributed by atoms with Crippen molar-refractivity contribution in [1.29, 1.82) is 0 Å². The van der Waals surface area contributed by atoms with Gasteiger partial charge in [0.1, 0.15) is 6.61 Å². The fraction of sp³-hybridized carbons (Fsp3) is 0.875. The Kier molecular flexibility index (Phi) is 6.10. The van der Waals surface area contributed by atoms with Gasteiger partial charge in [0.2, 0.25) is 3.79 Å². The van der Waals surface area contributed by atoms with Gasteiger partial charge < -0.3 is 4.74 Å². The predicted molar refractivity (Wildman–Crippen MR) is 55.3 cm³/mol. The van der Waals surface area contributed by atoms with E-state index in [9.17, 15) is 4.79 Å². The second-order valence-electron chi connectivity index (χ2n) is 2.74. The van der Waals surface area contributed by atoms with Gasteiger partial charge in [0.05, 0.1) is 5.92 Å². The Labute approximate surface area is 93.5 Å². The molecule has 0 amide bonds. The molecule has 0 aromatic rings. The van der Waals surface area contributed by atoms with Crippen molar-refractivity contribution in [3.8, 4) is 0 Å². The number of hydrogen-bond acceptors (Lipinski definition) is 2. The van der Waals surface area contributed by atoms with Crippen molar-refractivity contribution >= 4 is 40.8 Å². The molecule has 13 heavy (non-hydrogen) atoms. The number of carbonyl (C=O) groups is 1. The SMILES string of the molecule is CCC(CC)C(=O)OCC(Cl)(Cl)Cl. The highest BCUT2D eigenvalue weighted by Gasteiger charge is 2.24. The molecule has 0 saturated heterocycles. The van der Waals surface area contributed by atoms with Crippen molar-refractivity contribution in [3.05, 3.63) is 0 Å². The molecule has 0 aromatic heterocycles. The minimum Gasteiger partial charge on any atom is -0.461 e. The lowest BCUT2D eigenvalue weighted by molar-refractivity contribution is -0.148. The predicted octanol–water partition coefficient (Wildman–Crippen LogP) is 3.34. The van der Waals surface area contributed by atoms with Crippen LogP contribution in [0.15, 0.2) is 0 Å². The molecular formula is C8H13Cl3O2. The minimum atomic E-state index is -1.51. The van der Waals surface area contributed by atoms with Gasteiger partial charge in [0.15, 0.2) is 0 Å². The molecule has 0 heterocycles. The lowest BCUT2D eigenvalue weighted by Gasteiger charge is -2.15. The van der Waals surface area contributed by atoms with Crippen LogP contribution in [0, 0.1) is 5.92 Å². The van der Waals surface area contributed by atoms with Gasteiger partial charge in [-0.2, -0.15) is 0 Å². The quantitative estimate of drug-likeness (QED) is 0.563. The zero-order valence-corrected chi connectivity index (χ0v) is 9.92. The molecule has 0 aliphatic rings. The van der Waals surface area contributed by atoms with E-state index in [0.717, 1.165) is 12.8 Å². The first-order valence-corrected chi connectivity index (χ1v) is 5.27. The molecule has 0 aliphatic carbocycles. The van der Waals surface area contributed by atoms with Crippen LogP contribution in [-0.2, 0) is 9.53 Å². The lowest BCUT2D eigenvalue weighted by atomic mass is 10.0. The monoisotopic (exact) mass is 246 g/mol. The van der Waals surface area contributed by atoms with Gasteiger partial charge in [0, 0.05) is 0 Å². The van der Waals surface area contributed by atoms with Gasteiger partial charge in [-0.1, -0.05) is 48.7 Å². The third kappa shape index (κ3) is 6.42. The van der Waals surface area contributed by atoms with Crippen LogP contribution < -0.4 is 0 Å². The molecule has 5 heteroatoms. The van der Waals surface area contributed by atoms with E-state index < -0.39 is 3.79 Å². The van der Waals surface area contributed by atoms with Crippen molar-refractivity contribution in [2.24, 2.45) is 5.92 Å². The number of rotatable bonds is 4. The highest BCUT2D eigenvalue weighted by Crippen LogP contribution is 2.26. The molecule has 2 nitrogen and oxygen atoms in total. The van der Waals surface area contributed by atoms with Crippen LogP contribution in [0.5, 0.6) is 0 Å². The summed E-state index contributed by atoms with van der Waals surface area (Å²) in [4.78, 5) is 11.3. The highest BCUT2D eigenvalue weighted by molar-refractivity contribution is 6.67. The van der Waals surface area contributed by atoms with E-state index in [1.54, 1.807) is 0 Å². The van der Waals surface area contributed by atoms with E-state index in [0.29, 0.717) is 0 Å². The molecule has 0 radical (unpaired) electrons. The van der Waals surface area contributed by atoms with Crippen LogP contribution in [-0.4, -0.2) is 16.4 Å². The van der Waals surface area contributed by atoms with Crippen molar-refractivity contribution in [2.75, 3.05) is 6.61 Å². The van der Waals surface area contributed by atoms with E-state index in [-0.39, 0.29) is 18.5 Å². The van der Waals surface area contributed by atoms with Gasteiger partial charge in [-0.3, -0.25) is 4.79 Å². The average molecular weight is 248 g/mol. The Morgan fingerprint density at radius 3 is 2.08 bits per heavy atom. The molecule has 0 aliphatic heterocycles. The summed E-state index contributed by atoms with van der Waals surface area (Å²) in [5.74, 6) is -0.385. The second kappa shape index (κ2) is 5.94. The Hall–Kier alpha value is 0.340. The highest BCUT2D eigenvalue weighted by atomic mass is 35.6. The Bertz CT molecular complexity index is 161. The van der Waals surface area contributed by atoms with Gasteiger partial charge in [-0.05, 0) is 12.8 Å². The van der Waals surface area contributed by atoms with E-state index in [2.05, 4.69) is 0 Å². The maximum atomic E-state index is 11.3. The van der Waals surface area contributed by atoms with Crippen LogP contribution in [0.1, 0.15) is 26.7 Å². The largest absolute Gasteiger partial charge is 0.461 e. The van der Waals surface area contributed by atoms with Gasteiger partial charge >= 0.3 is 5.97 Å². The molecule has 0 fully saturated rings. The van der Waals surface area contributed by atoms with E-state index >= 15 is 0 Å². The molecule has 78 valence electrons. The average Bonchev–Trinajstić information content (AvgIpc) is 2.02. The summed E-state index contributed by atoms with van der Waals surface area (Å²) in [7, 11) is 0. The molecule has 0 rings (SSSR count). The molecule has 0 saturated carbocycles. The normalized spacial score (nSPS) is 11.8. The Morgan fingerprint density at radius 1 is 1.31 bits per heavy atom. The zero-order valence-electron chi connectivity index (χ0n) is 7.65. The summed E-state index contributed by atoms with van der Waals surface area (Å²) in [5.41, 5.74) is 0. The first-order valence-electron chi connectivity index (χ1n) is 4.14. The fourth-order valence-corrected chi connectivity index (χ4v) is 1.06. The standard InChI is InChI=1S/C8H13Cl3O2/c1-3-6(4-2)7(12)13-5-8(9,10)11/h6H,3-5H2,1-2H3. The number of hydrogen-bond donors (Lipinski definition) is 0. The summed E-state index contributed by atoms with van der Waals surface area (Å²) in [6.07, 6.45) is 1.49. The van der Waals surface area contributed by atoms with Gasteiger partial charge in [-0.25, -0.2) is 0 Å². The van der Waals surface area contributed by atoms with Crippen molar-refractivity contribution in [2.45, 2.75) is 30.5 Å². The molecular weight excluding hydrogens is 234 g/mol. The lowest BCUT2D eigenvalue weighted by Crippen LogP contribution is -2.22. The van der Waals surface area contributed by atoms with E-state index in [1.165, 1.54) is 0 Å². The number of ether oxygens (including phenoxy) is 1. The van der Waals surface area contributed by atoms with Gasteiger partial charge in [-0.15, -0.1) is 0 Å². The summed E-state index contributed by atoms with van der Waals surface area (Å²) < 4.78 is 3.30. The summed E-state index contributed by atoms with van der Waals surface area (Å²) in [6, 6.07) is 0. The maximum absolute atomic E-state index is 11.3. The second-order valence-corrected chi connectivity index (χ2v) is 5.25. The van der Waals surface area contributed by atoms with Crippen LogP contribution in [0.2, 0.25) is 0 Å². The molecule has 0 unspecified atom stereocenters.